The summed E-state index contributed by atoms with van der Waals surface area (Å²) >= 11 is 6.76. The summed E-state index contributed by atoms with van der Waals surface area (Å²) in [5, 5.41) is 4.40. The Labute approximate surface area is 194 Å². The van der Waals surface area contributed by atoms with Crippen molar-refractivity contribution in [2.45, 2.75) is 64.7 Å². The Kier molecular flexibility index (Phi) is 7.83. The molecule has 1 N–H and O–H groups in total. The number of aromatic nitrogens is 1. The molecule has 0 aliphatic rings. The van der Waals surface area contributed by atoms with Crippen LogP contribution < -0.4 is 14.8 Å². The second-order valence-electron chi connectivity index (χ2n) is 10.3. The molecule has 5 nitrogen and oxygen atoms in total. The van der Waals surface area contributed by atoms with Gasteiger partial charge in [0.15, 0.2) is 8.32 Å². The zero-order valence-corrected chi connectivity index (χ0v) is 22.5. The van der Waals surface area contributed by atoms with Gasteiger partial charge in [-0.15, -0.1) is 0 Å². The van der Waals surface area contributed by atoms with Crippen molar-refractivity contribution in [1.29, 1.82) is 0 Å². The van der Waals surface area contributed by atoms with E-state index in [1.807, 2.05) is 29.8 Å². The normalized spacial score (nSPS) is 12.7. The molecule has 2 rings (SSSR count). The minimum absolute atomic E-state index is 0.174. The van der Waals surface area contributed by atoms with Gasteiger partial charge in [0.25, 0.3) is 0 Å². The largest absolute Gasteiger partial charge is 0.497 e. The molecular formula is C24H39ClN2O3Si. The van der Waals surface area contributed by atoms with Gasteiger partial charge in [0, 0.05) is 37.2 Å². The highest BCUT2D eigenvalue weighted by Crippen LogP contribution is 2.40. The molecule has 0 saturated carbocycles. The smallest absolute Gasteiger partial charge is 0.192 e. The molecule has 0 fully saturated rings. The number of rotatable bonds is 9. The van der Waals surface area contributed by atoms with Crippen molar-refractivity contribution < 1.29 is 13.9 Å². The SMILES string of the molecule is COc1ccc(CNc2cc(C(C)(C)CO[Si](C)(C)C(C)(C)C)c(Cl)n2C)c(OC)c1. The molecule has 7 heteroatoms. The first-order valence-electron chi connectivity index (χ1n) is 10.7. The summed E-state index contributed by atoms with van der Waals surface area (Å²) in [6.45, 7) is 17.0. The molecule has 0 saturated heterocycles. The first-order chi connectivity index (χ1) is 14.2. The number of hydrogen-bond donors (Lipinski definition) is 1. The quantitative estimate of drug-likeness (QED) is 0.422. The molecule has 0 unspecified atom stereocenters. The summed E-state index contributed by atoms with van der Waals surface area (Å²) in [7, 11) is 3.45. The summed E-state index contributed by atoms with van der Waals surface area (Å²) in [5.41, 5.74) is 1.92. The molecule has 1 aromatic carbocycles. The second-order valence-corrected chi connectivity index (χ2v) is 15.4. The number of anilines is 1. The van der Waals surface area contributed by atoms with Gasteiger partial charge in [0.2, 0.25) is 0 Å². The molecule has 0 aliphatic carbocycles. The van der Waals surface area contributed by atoms with E-state index < -0.39 is 8.32 Å². The van der Waals surface area contributed by atoms with Crippen LogP contribution in [0.4, 0.5) is 5.82 Å². The lowest BCUT2D eigenvalue weighted by Crippen LogP contribution is -2.43. The Balaban J connectivity index is 2.19. The third-order valence-corrected chi connectivity index (χ3v) is 11.4. The van der Waals surface area contributed by atoms with Crippen LogP contribution in [0.5, 0.6) is 11.5 Å². The number of halogens is 1. The van der Waals surface area contributed by atoms with Crippen LogP contribution in [0.25, 0.3) is 0 Å². The molecule has 1 heterocycles. The zero-order valence-electron chi connectivity index (χ0n) is 20.8. The molecule has 31 heavy (non-hydrogen) atoms. The topological polar surface area (TPSA) is 44.7 Å². The fourth-order valence-corrected chi connectivity index (χ4v) is 4.62. The number of ether oxygens (including phenoxy) is 2. The van der Waals surface area contributed by atoms with Gasteiger partial charge in [-0.1, -0.05) is 46.2 Å². The fourth-order valence-electron chi connectivity index (χ4n) is 3.06. The van der Waals surface area contributed by atoms with E-state index in [-0.39, 0.29) is 10.5 Å². The van der Waals surface area contributed by atoms with E-state index in [4.69, 9.17) is 25.5 Å². The van der Waals surface area contributed by atoms with Crippen molar-refractivity contribution in [3.05, 3.63) is 40.5 Å². The monoisotopic (exact) mass is 466 g/mol. The van der Waals surface area contributed by atoms with Gasteiger partial charge in [-0.05, 0) is 41.9 Å². The second kappa shape index (κ2) is 9.47. The van der Waals surface area contributed by atoms with Gasteiger partial charge in [0.1, 0.15) is 22.5 Å². The Morgan fingerprint density at radius 1 is 1.03 bits per heavy atom. The Hall–Kier alpha value is -1.63. The van der Waals surface area contributed by atoms with Gasteiger partial charge >= 0.3 is 0 Å². The van der Waals surface area contributed by atoms with Crippen molar-refractivity contribution in [2.75, 3.05) is 26.1 Å². The maximum Gasteiger partial charge on any atom is 0.192 e. The van der Waals surface area contributed by atoms with Crippen LogP contribution in [0.3, 0.4) is 0 Å². The summed E-state index contributed by atoms with van der Waals surface area (Å²) in [6.07, 6.45) is 0. The van der Waals surface area contributed by atoms with Gasteiger partial charge in [-0.25, -0.2) is 0 Å². The third-order valence-electron chi connectivity index (χ3n) is 6.44. The van der Waals surface area contributed by atoms with Crippen molar-refractivity contribution in [3.63, 3.8) is 0 Å². The van der Waals surface area contributed by atoms with E-state index in [9.17, 15) is 0 Å². The number of benzene rings is 1. The number of methoxy groups -OCH3 is 2. The summed E-state index contributed by atoms with van der Waals surface area (Å²) in [6, 6.07) is 7.96. The highest BCUT2D eigenvalue weighted by Gasteiger charge is 2.39. The minimum Gasteiger partial charge on any atom is -0.497 e. The molecule has 1 aromatic heterocycles. The average Bonchev–Trinajstić information content (AvgIpc) is 2.99. The highest BCUT2D eigenvalue weighted by atomic mass is 35.5. The molecule has 0 aliphatic heterocycles. The molecule has 0 atom stereocenters. The predicted octanol–water partition coefficient (Wildman–Crippen LogP) is 6.61. The maximum absolute atomic E-state index is 6.76. The predicted molar refractivity (Wildman–Crippen MR) is 133 cm³/mol. The van der Waals surface area contributed by atoms with Crippen LogP contribution in [0, 0.1) is 0 Å². The molecule has 0 amide bonds. The standard InChI is InChI=1S/C24H39ClN2O3Si/c1-23(2,3)31(9,10)30-16-24(4,5)19-14-21(27(6)22(19)25)26-15-17-11-12-18(28-7)13-20(17)29-8/h11-14,26H,15-16H2,1-10H3. The van der Waals surface area contributed by atoms with Crippen LogP contribution >= 0.6 is 11.6 Å². The van der Waals surface area contributed by atoms with Gasteiger partial charge in [0.05, 0.1) is 14.2 Å². The van der Waals surface area contributed by atoms with E-state index >= 15 is 0 Å². The Morgan fingerprint density at radius 2 is 1.68 bits per heavy atom. The van der Waals surface area contributed by atoms with E-state index in [0.29, 0.717) is 13.2 Å². The Morgan fingerprint density at radius 3 is 2.23 bits per heavy atom. The minimum atomic E-state index is -1.84. The molecule has 0 bridgehead atoms. The van der Waals surface area contributed by atoms with Crippen molar-refractivity contribution in [3.8, 4) is 11.5 Å². The Bertz CT molecular complexity index is 901. The van der Waals surface area contributed by atoms with Gasteiger partial charge in [-0.3, -0.25) is 0 Å². The van der Waals surface area contributed by atoms with Gasteiger partial charge in [-0.2, -0.15) is 0 Å². The molecular weight excluding hydrogens is 428 g/mol. The van der Waals surface area contributed by atoms with E-state index in [1.54, 1.807) is 14.2 Å². The summed E-state index contributed by atoms with van der Waals surface area (Å²) in [5.74, 6) is 2.52. The maximum atomic E-state index is 6.76. The first-order valence-corrected chi connectivity index (χ1v) is 14.0. The fraction of sp³-hybridized carbons (Fsp3) is 0.583. The number of nitrogens with one attached hydrogen (secondary N) is 1. The van der Waals surface area contributed by atoms with E-state index in [1.165, 1.54) is 0 Å². The first kappa shape index (κ1) is 25.6. The molecule has 0 radical (unpaired) electrons. The molecule has 0 spiro atoms. The number of nitrogens with zero attached hydrogens (tertiary/aromatic N) is 1. The van der Waals surface area contributed by atoms with E-state index in [2.05, 4.69) is 59.1 Å². The summed E-state index contributed by atoms with van der Waals surface area (Å²) in [4.78, 5) is 0. The van der Waals surface area contributed by atoms with E-state index in [0.717, 1.165) is 33.6 Å². The van der Waals surface area contributed by atoms with Gasteiger partial charge < -0.3 is 23.8 Å². The van der Waals surface area contributed by atoms with Crippen LogP contribution in [-0.2, 0) is 23.4 Å². The lowest BCUT2D eigenvalue weighted by molar-refractivity contribution is 0.220. The van der Waals surface area contributed by atoms with Crippen LogP contribution in [0.2, 0.25) is 23.3 Å². The highest BCUT2D eigenvalue weighted by molar-refractivity contribution is 6.74. The third kappa shape index (κ3) is 5.79. The van der Waals surface area contributed by atoms with Crippen LogP contribution in [0.15, 0.2) is 24.3 Å². The lowest BCUT2D eigenvalue weighted by Gasteiger charge is -2.39. The van der Waals surface area contributed by atoms with Crippen molar-refractivity contribution >= 4 is 25.7 Å². The lowest BCUT2D eigenvalue weighted by atomic mass is 9.87. The van der Waals surface area contributed by atoms with Crippen molar-refractivity contribution in [2.24, 2.45) is 7.05 Å². The molecule has 2 aromatic rings. The van der Waals surface area contributed by atoms with Crippen LogP contribution in [0.1, 0.15) is 45.7 Å². The summed E-state index contributed by atoms with van der Waals surface area (Å²) < 4.78 is 19.3. The van der Waals surface area contributed by atoms with Crippen molar-refractivity contribution in [1.82, 2.24) is 4.57 Å². The zero-order chi connectivity index (χ0) is 23.6. The van der Waals surface area contributed by atoms with Crippen LogP contribution in [-0.4, -0.2) is 33.7 Å². The molecule has 174 valence electrons. The number of hydrogen-bond acceptors (Lipinski definition) is 4. The average molecular weight is 467 g/mol.